The van der Waals surface area contributed by atoms with Crippen LogP contribution < -0.4 is 14.8 Å². The summed E-state index contributed by atoms with van der Waals surface area (Å²) in [6.07, 6.45) is 0. The smallest absolute Gasteiger partial charge is 0.158 e. The first-order valence-electron chi connectivity index (χ1n) is 10.4. The summed E-state index contributed by atoms with van der Waals surface area (Å²) < 4.78 is 16.5. The Bertz CT molecular complexity index is 1220. The van der Waals surface area contributed by atoms with Crippen LogP contribution in [-0.4, -0.2) is 24.2 Å². The van der Waals surface area contributed by atoms with E-state index in [1.165, 1.54) is 10.4 Å². The molecule has 1 N–H and O–H groups in total. The fourth-order valence-corrected chi connectivity index (χ4v) is 4.52. The van der Waals surface area contributed by atoms with E-state index in [2.05, 4.69) is 25.2 Å². The van der Waals surface area contributed by atoms with Crippen molar-refractivity contribution in [3.8, 4) is 11.5 Å². The third-order valence-electron chi connectivity index (χ3n) is 5.30. The van der Waals surface area contributed by atoms with Crippen LogP contribution in [0, 0.1) is 13.8 Å². The van der Waals surface area contributed by atoms with Crippen molar-refractivity contribution in [1.29, 1.82) is 0 Å². The molecule has 4 aromatic rings. The van der Waals surface area contributed by atoms with Gasteiger partial charge in [0.1, 0.15) is 28.8 Å². The van der Waals surface area contributed by atoms with Crippen molar-refractivity contribution in [2.24, 2.45) is 0 Å². The highest BCUT2D eigenvalue weighted by atomic mass is 32.1. The monoisotopic (exact) mass is 449 g/mol. The lowest BCUT2D eigenvalue weighted by molar-refractivity contribution is 0.102. The predicted octanol–water partition coefficient (Wildman–Crippen LogP) is 5.65. The zero-order valence-corrected chi connectivity index (χ0v) is 19.6. The van der Waals surface area contributed by atoms with E-state index < -0.39 is 0 Å². The normalized spacial score (nSPS) is 11.0. The number of rotatable bonds is 9. The van der Waals surface area contributed by atoms with Gasteiger partial charge in [0.05, 0.1) is 26.2 Å². The molecule has 0 aliphatic carbocycles. The number of anilines is 1. The molecular weight excluding hydrogens is 422 g/mol. The van der Waals surface area contributed by atoms with Crippen molar-refractivity contribution in [3.05, 3.63) is 75.9 Å². The number of nitrogens with zero attached hydrogens (tertiary/aromatic N) is 2. The minimum absolute atomic E-state index is 0.330. The Kier molecular flexibility index (Phi) is 6.87. The van der Waals surface area contributed by atoms with Gasteiger partial charge in [-0.25, -0.2) is 9.97 Å². The molecule has 0 fully saturated rings. The molecule has 0 atom stereocenters. The molecule has 32 heavy (non-hydrogen) atoms. The van der Waals surface area contributed by atoms with Crippen LogP contribution in [0.5, 0.6) is 11.5 Å². The maximum Gasteiger partial charge on any atom is 0.158 e. The van der Waals surface area contributed by atoms with Crippen LogP contribution in [0.15, 0.2) is 48.5 Å². The third kappa shape index (κ3) is 5.00. The van der Waals surface area contributed by atoms with Crippen LogP contribution in [0.1, 0.15) is 27.4 Å². The summed E-state index contributed by atoms with van der Waals surface area (Å²) in [6, 6.07) is 15.9. The number of nitrogens with one attached hydrogen (secondary N) is 1. The van der Waals surface area contributed by atoms with Crippen LogP contribution in [0.2, 0.25) is 0 Å². The van der Waals surface area contributed by atoms with E-state index in [0.717, 1.165) is 38.7 Å². The number of fused-ring (bicyclic) bond motifs is 1. The largest absolute Gasteiger partial charge is 0.497 e. The molecule has 2 heterocycles. The van der Waals surface area contributed by atoms with E-state index in [4.69, 9.17) is 24.2 Å². The summed E-state index contributed by atoms with van der Waals surface area (Å²) in [5.41, 5.74) is 3.38. The second kappa shape index (κ2) is 9.97. The second-order valence-corrected chi connectivity index (χ2v) is 8.70. The third-order valence-corrected chi connectivity index (χ3v) is 6.40. The maximum absolute atomic E-state index is 5.92. The standard InChI is InChI=1S/C25H27N3O3S/c1-16-17(2)32-25-23(16)24(26-13-18-7-5-9-20(11-18)29-3)27-22(28-25)15-31-14-19-8-6-10-21(12-19)30-4/h5-12H,13-15H2,1-4H3,(H,26,27,28). The first-order valence-corrected chi connectivity index (χ1v) is 11.2. The van der Waals surface area contributed by atoms with Gasteiger partial charge in [0.2, 0.25) is 0 Å². The van der Waals surface area contributed by atoms with Crippen LogP contribution in [-0.2, 0) is 24.5 Å². The fraction of sp³-hybridized carbons (Fsp3) is 0.280. The summed E-state index contributed by atoms with van der Waals surface area (Å²) in [6.45, 7) is 5.67. The number of thiophene rings is 1. The van der Waals surface area contributed by atoms with Gasteiger partial charge in [0.15, 0.2) is 5.82 Å². The van der Waals surface area contributed by atoms with Gasteiger partial charge in [0, 0.05) is 11.4 Å². The summed E-state index contributed by atoms with van der Waals surface area (Å²) in [4.78, 5) is 11.8. The zero-order chi connectivity index (χ0) is 22.5. The van der Waals surface area contributed by atoms with Gasteiger partial charge >= 0.3 is 0 Å². The average molecular weight is 450 g/mol. The SMILES string of the molecule is COc1cccc(CNc2nc(COCc3cccc(OC)c3)nc3sc(C)c(C)c23)c1. The first-order chi connectivity index (χ1) is 15.6. The average Bonchev–Trinajstić information content (AvgIpc) is 3.11. The van der Waals surface area contributed by atoms with Crippen molar-refractivity contribution in [2.75, 3.05) is 19.5 Å². The maximum atomic E-state index is 5.92. The molecule has 6 nitrogen and oxygen atoms in total. The van der Waals surface area contributed by atoms with Crippen LogP contribution >= 0.6 is 11.3 Å². The molecule has 2 aromatic heterocycles. The zero-order valence-electron chi connectivity index (χ0n) is 18.8. The van der Waals surface area contributed by atoms with Crippen molar-refractivity contribution in [3.63, 3.8) is 0 Å². The Labute approximate surface area is 192 Å². The summed E-state index contributed by atoms with van der Waals surface area (Å²) in [5, 5.41) is 4.58. The van der Waals surface area contributed by atoms with E-state index in [-0.39, 0.29) is 0 Å². The van der Waals surface area contributed by atoms with Crippen molar-refractivity contribution in [2.45, 2.75) is 33.6 Å². The Hall–Kier alpha value is -3.16. The molecule has 0 bridgehead atoms. The topological polar surface area (TPSA) is 65.5 Å². The van der Waals surface area contributed by atoms with Gasteiger partial charge in [0.25, 0.3) is 0 Å². The highest BCUT2D eigenvalue weighted by molar-refractivity contribution is 7.18. The highest BCUT2D eigenvalue weighted by Crippen LogP contribution is 2.33. The fourth-order valence-electron chi connectivity index (χ4n) is 3.48. The van der Waals surface area contributed by atoms with Gasteiger partial charge in [-0.2, -0.15) is 0 Å². The highest BCUT2D eigenvalue weighted by Gasteiger charge is 2.15. The molecule has 0 saturated carbocycles. The van der Waals surface area contributed by atoms with E-state index in [1.54, 1.807) is 25.6 Å². The van der Waals surface area contributed by atoms with Crippen molar-refractivity contribution < 1.29 is 14.2 Å². The molecule has 0 saturated heterocycles. The van der Waals surface area contributed by atoms with E-state index >= 15 is 0 Å². The molecule has 0 amide bonds. The summed E-state index contributed by atoms with van der Waals surface area (Å²) in [5.74, 6) is 3.15. The number of ether oxygens (including phenoxy) is 3. The quantitative estimate of drug-likeness (QED) is 0.356. The van der Waals surface area contributed by atoms with Gasteiger partial charge in [-0.05, 0) is 54.8 Å². The molecule has 0 unspecified atom stereocenters. The van der Waals surface area contributed by atoms with Gasteiger partial charge in [-0.15, -0.1) is 11.3 Å². The van der Waals surface area contributed by atoms with Gasteiger partial charge in [-0.1, -0.05) is 24.3 Å². The molecule has 166 valence electrons. The Balaban J connectivity index is 1.53. The number of hydrogen-bond acceptors (Lipinski definition) is 7. The minimum Gasteiger partial charge on any atom is -0.497 e. The lowest BCUT2D eigenvalue weighted by Crippen LogP contribution is -2.07. The molecule has 7 heteroatoms. The molecule has 4 rings (SSSR count). The lowest BCUT2D eigenvalue weighted by Gasteiger charge is -2.11. The number of benzene rings is 2. The van der Waals surface area contributed by atoms with E-state index in [0.29, 0.717) is 25.6 Å². The van der Waals surface area contributed by atoms with Gasteiger partial charge in [-0.3, -0.25) is 0 Å². The molecule has 2 aromatic carbocycles. The lowest BCUT2D eigenvalue weighted by atomic mass is 10.2. The Morgan fingerprint density at radius 3 is 2.28 bits per heavy atom. The molecular formula is C25H27N3O3S. The van der Waals surface area contributed by atoms with Crippen molar-refractivity contribution >= 4 is 27.4 Å². The number of aryl methyl sites for hydroxylation is 2. The Morgan fingerprint density at radius 2 is 1.56 bits per heavy atom. The van der Waals surface area contributed by atoms with Gasteiger partial charge < -0.3 is 19.5 Å². The van der Waals surface area contributed by atoms with Crippen molar-refractivity contribution in [1.82, 2.24) is 9.97 Å². The van der Waals surface area contributed by atoms with Crippen LogP contribution in [0.3, 0.4) is 0 Å². The van der Waals surface area contributed by atoms with E-state index in [9.17, 15) is 0 Å². The number of hydrogen-bond donors (Lipinski definition) is 1. The molecule has 0 spiro atoms. The summed E-state index contributed by atoms with van der Waals surface area (Å²) >= 11 is 1.69. The second-order valence-electron chi connectivity index (χ2n) is 7.50. The molecule has 0 aliphatic heterocycles. The Morgan fingerprint density at radius 1 is 0.875 bits per heavy atom. The minimum atomic E-state index is 0.330. The summed E-state index contributed by atoms with van der Waals surface area (Å²) in [7, 11) is 3.34. The molecule has 0 radical (unpaired) electrons. The van der Waals surface area contributed by atoms with Crippen LogP contribution in [0.25, 0.3) is 10.2 Å². The number of aromatic nitrogens is 2. The van der Waals surface area contributed by atoms with Crippen LogP contribution in [0.4, 0.5) is 5.82 Å². The number of methoxy groups -OCH3 is 2. The molecule has 0 aliphatic rings. The predicted molar refractivity (Wildman–Crippen MR) is 129 cm³/mol. The first kappa shape index (κ1) is 22.0. The van der Waals surface area contributed by atoms with E-state index in [1.807, 2.05) is 42.5 Å².